The van der Waals surface area contributed by atoms with Crippen LogP contribution in [0.25, 0.3) is 0 Å². The molecular weight excluding hydrogens is 386 g/mol. The van der Waals surface area contributed by atoms with Gasteiger partial charge in [0.25, 0.3) is 6.43 Å². The van der Waals surface area contributed by atoms with Crippen molar-refractivity contribution in [3.05, 3.63) is 18.7 Å². The summed E-state index contributed by atoms with van der Waals surface area (Å²) in [5.74, 6) is 2.96. The summed E-state index contributed by atoms with van der Waals surface area (Å²) >= 11 is 0. The number of Topliss-reactive ketones (excluding diaryl/α,β-unsaturated/α-hetero) is 1. The molecule has 0 radical (unpaired) electrons. The quantitative estimate of drug-likeness (QED) is 0.767. The maximum Gasteiger partial charge on any atom is 0.266 e. The zero-order valence-corrected chi connectivity index (χ0v) is 17.9. The number of halogens is 2. The molecule has 8 unspecified atom stereocenters. The van der Waals surface area contributed by atoms with Crippen LogP contribution in [0, 0.1) is 40.9 Å². The number of rotatable bonds is 4. The number of carbonyl (C=O) groups is 1. The van der Waals surface area contributed by atoms with Crippen LogP contribution in [0.5, 0.6) is 0 Å². The summed E-state index contributed by atoms with van der Waals surface area (Å²) in [6.45, 7) is 2.76. The number of hydrogen-bond donors (Lipinski definition) is 1. The van der Waals surface area contributed by atoms with Crippen molar-refractivity contribution in [3.63, 3.8) is 0 Å². The molecule has 30 heavy (non-hydrogen) atoms. The largest absolute Gasteiger partial charge is 0.384 e. The van der Waals surface area contributed by atoms with Crippen LogP contribution in [0.4, 0.5) is 8.78 Å². The molecule has 1 heterocycles. The lowest BCUT2D eigenvalue weighted by molar-refractivity contribution is -0.160. The van der Waals surface area contributed by atoms with E-state index in [4.69, 9.17) is 0 Å². The molecule has 0 aromatic carbocycles. The van der Waals surface area contributed by atoms with Gasteiger partial charge in [0.05, 0.1) is 12.9 Å². The highest BCUT2D eigenvalue weighted by atomic mass is 19.3. The van der Waals surface area contributed by atoms with Crippen molar-refractivity contribution >= 4 is 5.78 Å². The van der Waals surface area contributed by atoms with Gasteiger partial charge in [-0.2, -0.15) is 0 Å². The molecule has 0 spiro atoms. The first-order chi connectivity index (χ1) is 14.3. The highest BCUT2D eigenvalue weighted by molar-refractivity contribution is 5.82. The van der Waals surface area contributed by atoms with Crippen LogP contribution in [0.2, 0.25) is 0 Å². The van der Waals surface area contributed by atoms with Crippen molar-refractivity contribution in [1.29, 1.82) is 0 Å². The molecule has 4 aliphatic carbocycles. The lowest BCUT2D eigenvalue weighted by Crippen LogP contribution is -2.53. The second-order valence-corrected chi connectivity index (χ2v) is 11.0. The van der Waals surface area contributed by atoms with Gasteiger partial charge in [-0.15, -0.1) is 0 Å². The van der Waals surface area contributed by atoms with E-state index < -0.39 is 12.0 Å². The monoisotopic (exact) mass is 420 g/mol. The van der Waals surface area contributed by atoms with Gasteiger partial charge >= 0.3 is 0 Å². The van der Waals surface area contributed by atoms with E-state index in [0.29, 0.717) is 36.0 Å². The Kier molecular flexibility index (Phi) is 5.07. The second-order valence-electron chi connectivity index (χ2n) is 11.0. The normalized spacial score (nSPS) is 45.6. The summed E-state index contributed by atoms with van der Waals surface area (Å²) in [7, 11) is 0. The fraction of sp³-hybridized carbons (Fsp3) is 0.833. The Morgan fingerprint density at radius 3 is 2.67 bits per heavy atom. The minimum atomic E-state index is -2.64. The zero-order chi connectivity index (χ0) is 21.1. The number of aliphatic hydroxyl groups is 1. The molecule has 0 amide bonds. The van der Waals surface area contributed by atoms with Crippen LogP contribution < -0.4 is 0 Å². The highest BCUT2D eigenvalue weighted by Crippen LogP contribution is 2.64. The van der Waals surface area contributed by atoms with Gasteiger partial charge in [-0.3, -0.25) is 4.79 Å². The van der Waals surface area contributed by atoms with Crippen molar-refractivity contribution in [2.45, 2.75) is 83.3 Å². The number of imidazole rings is 1. The lowest BCUT2D eigenvalue weighted by atomic mass is 9.49. The van der Waals surface area contributed by atoms with Crippen molar-refractivity contribution in [2.24, 2.45) is 40.9 Å². The number of nitrogens with zero attached hydrogens (tertiary/aromatic N) is 2. The third-order valence-corrected chi connectivity index (χ3v) is 9.74. The molecule has 166 valence electrons. The second kappa shape index (κ2) is 7.39. The summed E-state index contributed by atoms with van der Waals surface area (Å²) in [5, 5.41) is 10.4. The van der Waals surface area contributed by atoms with Crippen molar-refractivity contribution in [1.82, 2.24) is 9.55 Å². The van der Waals surface area contributed by atoms with Gasteiger partial charge in [-0.05, 0) is 92.8 Å². The molecule has 4 fully saturated rings. The first kappa shape index (κ1) is 20.6. The predicted octanol–water partition coefficient (Wildman–Crippen LogP) is 4.72. The van der Waals surface area contributed by atoms with Crippen LogP contribution in [-0.4, -0.2) is 32.5 Å². The average Bonchev–Trinajstić information content (AvgIpc) is 3.34. The van der Waals surface area contributed by atoms with E-state index >= 15 is 0 Å². The Bertz CT molecular complexity index is 784. The van der Waals surface area contributed by atoms with Gasteiger partial charge in [0, 0.05) is 18.3 Å². The smallest absolute Gasteiger partial charge is 0.266 e. The zero-order valence-electron chi connectivity index (χ0n) is 17.9. The Hall–Kier alpha value is -1.30. The molecule has 4 aliphatic rings. The summed E-state index contributed by atoms with van der Waals surface area (Å²) < 4.78 is 28.7. The van der Waals surface area contributed by atoms with Crippen molar-refractivity contribution < 1.29 is 18.7 Å². The number of aromatic nitrogens is 2. The van der Waals surface area contributed by atoms with Gasteiger partial charge in [-0.1, -0.05) is 6.92 Å². The highest BCUT2D eigenvalue weighted by Gasteiger charge is 2.59. The van der Waals surface area contributed by atoms with E-state index in [0.717, 1.165) is 44.9 Å². The van der Waals surface area contributed by atoms with Crippen LogP contribution in [0.3, 0.4) is 0 Å². The lowest BCUT2D eigenvalue weighted by Gasteiger charge is -2.57. The Labute approximate surface area is 177 Å². The number of hydrogen-bond acceptors (Lipinski definition) is 3. The standard InChI is InChI=1S/C24H34F2N2O2/c1-23-8-6-17-16-7-9-24(30,22(25)26)12-15(16)2-3-18(17)19(23)4-5-20(23)21(29)13-28-11-10-27-14-28/h10-11,14-20,22,30H,2-9,12-13H2,1H3. The molecule has 4 nitrogen and oxygen atoms in total. The van der Waals surface area contributed by atoms with Crippen LogP contribution in [-0.2, 0) is 11.3 Å². The van der Waals surface area contributed by atoms with Crippen molar-refractivity contribution in [3.8, 4) is 0 Å². The van der Waals surface area contributed by atoms with E-state index in [1.54, 1.807) is 12.5 Å². The molecule has 6 heteroatoms. The molecule has 1 aromatic rings. The van der Waals surface area contributed by atoms with Gasteiger partial charge in [-0.25, -0.2) is 13.8 Å². The minimum Gasteiger partial charge on any atom is -0.384 e. The Morgan fingerprint density at radius 2 is 1.93 bits per heavy atom. The van der Waals surface area contributed by atoms with E-state index in [9.17, 15) is 18.7 Å². The molecular formula is C24H34F2N2O2. The number of fused-ring (bicyclic) bond motifs is 5. The van der Waals surface area contributed by atoms with Gasteiger partial charge in [0.2, 0.25) is 0 Å². The minimum absolute atomic E-state index is 0.0735. The van der Waals surface area contributed by atoms with Crippen LogP contribution >= 0.6 is 0 Å². The van der Waals surface area contributed by atoms with E-state index in [1.807, 2.05) is 10.8 Å². The molecule has 0 bridgehead atoms. The molecule has 1 N–H and O–H groups in total. The SMILES string of the molecule is CC12CCC3C4CCC(O)(C(F)F)CC4CCC3C1CCC2C(=O)Cn1ccnc1. The maximum atomic E-state index is 13.4. The summed E-state index contributed by atoms with van der Waals surface area (Å²) in [6.07, 6.45) is 10.2. The summed E-state index contributed by atoms with van der Waals surface area (Å²) in [6, 6.07) is 0. The predicted molar refractivity (Wildman–Crippen MR) is 109 cm³/mol. The Balaban J connectivity index is 1.30. The number of alkyl halides is 2. The maximum absolute atomic E-state index is 13.4. The molecule has 1 aromatic heterocycles. The molecule has 0 aliphatic heterocycles. The van der Waals surface area contributed by atoms with E-state index in [-0.39, 0.29) is 30.1 Å². The van der Waals surface area contributed by atoms with Gasteiger partial charge in [0.15, 0.2) is 5.78 Å². The molecule has 5 rings (SSSR count). The van der Waals surface area contributed by atoms with Crippen LogP contribution in [0.1, 0.15) is 64.7 Å². The average molecular weight is 421 g/mol. The number of carbonyl (C=O) groups excluding carboxylic acids is 1. The first-order valence-electron chi connectivity index (χ1n) is 11.8. The van der Waals surface area contributed by atoms with Gasteiger partial charge < -0.3 is 9.67 Å². The number of ketones is 1. The van der Waals surface area contributed by atoms with Crippen LogP contribution in [0.15, 0.2) is 18.7 Å². The van der Waals surface area contributed by atoms with E-state index in [2.05, 4.69) is 11.9 Å². The summed E-state index contributed by atoms with van der Waals surface area (Å²) in [5.41, 5.74) is -1.70. The summed E-state index contributed by atoms with van der Waals surface area (Å²) in [4.78, 5) is 17.2. The fourth-order valence-corrected chi connectivity index (χ4v) is 8.31. The first-order valence-corrected chi connectivity index (χ1v) is 11.8. The van der Waals surface area contributed by atoms with E-state index in [1.165, 1.54) is 0 Å². The molecule has 0 saturated heterocycles. The fourth-order valence-electron chi connectivity index (χ4n) is 8.31. The molecule has 8 atom stereocenters. The molecule has 4 saturated carbocycles. The van der Waals surface area contributed by atoms with Gasteiger partial charge in [0.1, 0.15) is 5.60 Å². The third kappa shape index (κ3) is 3.16. The third-order valence-electron chi connectivity index (χ3n) is 9.74. The topological polar surface area (TPSA) is 55.1 Å². The Morgan fingerprint density at radius 1 is 1.13 bits per heavy atom. The van der Waals surface area contributed by atoms with Crippen molar-refractivity contribution in [2.75, 3.05) is 0 Å².